The van der Waals surface area contributed by atoms with Crippen molar-refractivity contribution in [3.63, 3.8) is 0 Å². The monoisotopic (exact) mass is 310 g/mol. The molecule has 4 nitrogen and oxygen atoms in total. The number of rotatable bonds is 4. The molecule has 0 radical (unpaired) electrons. The second-order valence-electron chi connectivity index (χ2n) is 6.11. The van der Waals surface area contributed by atoms with Gasteiger partial charge in [0.15, 0.2) is 0 Å². The first-order valence-electron chi connectivity index (χ1n) is 7.42. The van der Waals surface area contributed by atoms with Gasteiger partial charge in [0, 0.05) is 5.69 Å². The first-order valence-corrected chi connectivity index (χ1v) is 7.42. The molecule has 3 N–H and O–H groups in total. The maximum atomic E-state index is 12.2. The molecule has 2 aromatic rings. The molecule has 120 valence electrons. The van der Waals surface area contributed by atoms with Gasteiger partial charge in [0.25, 0.3) is 0 Å². The minimum absolute atomic E-state index is 0.160. The Balaban J connectivity index is 2.10. The van der Waals surface area contributed by atoms with E-state index in [0.717, 1.165) is 16.7 Å². The summed E-state index contributed by atoms with van der Waals surface area (Å²) in [6.45, 7) is 9.80. The minimum atomic E-state index is -0.535. The quantitative estimate of drug-likeness (QED) is 0.729. The fourth-order valence-electron chi connectivity index (χ4n) is 2.24. The van der Waals surface area contributed by atoms with Crippen LogP contribution in [0.2, 0.25) is 0 Å². The van der Waals surface area contributed by atoms with E-state index in [4.69, 9.17) is 0 Å². The zero-order valence-electron chi connectivity index (χ0n) is 13.7. The Hall–Kier alpha value is -2.75. The SMILES string of the molecule is C=C(C)c1cccc(C(C)(C)NC(=O)Nc2ccc(O)cc2)c1. The third-order valence-corrected chi connectivity index (χ3v) is 3.63. The third kappa shape index (κ3) is 4.36. The van der Waals surface area contributed by atoms with E-state index in [9.17, 15) is 9.90 Å². The van der Waals surface area contributed by atoms with Gasteiger partial charge in [0.2, 0.25) is 0 Å². The van der Waals surface area contributed by atoms with E-state index in [-0.39, 0.29) is 11.8 Å². The van der Waals surface area contributed by atoms with Crippen LogP contribution in [0.15, 0.2) is 55.1 Å². The zero-order chi connectivity index (χ0) is 17.0. The van der Waals surface area contributed by atoms with Crippen LogP contribution in [-0.2, 0) is 5.54 Å². The van der Waals surface area contributed by atoms with Gasteiger partial charge in [-0.2, -0.15) is 0 Å². The minimum Gasteiger partial charge on any atom is -0.508 e. The van der Waals surface area contributed by atoms with Crippen molar-refractivity contribution in [2.75, 3.05) is 5.32 Å². The van der Waals surface area contributed by atoms with Gasteiger partial charge >= 0.3 is 6.03 Å². The molecule has 0 aromatic heterocycles. The average molecular weight is 310 g/mol. The highest BCUT2D eigenvalue weighted by Crippen LogP contribution is 2.24. The number of carbonyl (C=O) groups excluding carboxylic acids is 1. The van der Waals surface area contributed by atoms with Crippen molar-refractivity contribution in [3.8, 4) is 5.75 Å². The molecule has 0 aliphatic carbocycles. The summed E-state index contributed by atoms with van der Waals surface area (Å²) in [5, 5.41) is 15.0. The summed E-state index contributed by atoms with van der Waals surface area (Å²) in [7, 11) is 0. The number of aromatic hydroxyl groups is 1. The molecule has 0 unspecified atom stereocenters. The maximum absolute atomic E-state index is 12.2. The van der Waals surface area contributed by atoms with Crippen molar-refractivity contribution in [1.29, 1.82) is 0 Å². The molecule has 2 aromatic carbocycles. The normalized spacial score (nSPS) is 10.9. The summed E-state index contributed by atoms with van der Waals surface area (Å²) >= 11 is 0. The molecule has 23 heavy (non-hydrogen) atoms. The van der Waals surface area contributed by atoms with Crippen molar-refractivity contribution in [3.05, 3.63) is 66.2 Å². The molecule has 0 atom stereocenters. The molecule has 0 bridgehead atoms. The van der Waals surface area contributed by atoms with Gasteiger partial charge in [-0.25, -0.2) is 4.79 Å². The molecule has 4 heteroatoms. The molecular weight excluding hydrogens is 288 g/mol. The molecule has 0 saturated heterocycles. The van der Waals surface area contributed by atoms with Gasteiger partial charge in [-0.1, -0.05) is 30.4 Å². The third-order valence-electron chi connectivity index (χ3n) is 3.63. The van der Waals surface area contributed by atoms with Crippen LogP contribution in [0.25, 0.3) is 5.57 Å². The summed E-state index contributed by atoms with van der Waals surface area (Å²) in [5.74, 6) is 0.160. The van der Waals surface area contributed by atoms with E-state index in [1.54, 1.807) is 12.1 Å². The second kappa shape index (κ2) is 6.57. The number of hydrogen-bond donors (Lipinski definition) is 3. The van der Waals surface area contributed by atoms with Crippen molar-refractivity contribution in [2.45, 2.75) is 26.3 Å². The van der Waals surface area contributed by atoms with Crippen molar-refractivity contribution < 1.29 is 9.90 Å². The molecule has 0 aliphatic rings. The summed E-state index contributed by atoms with van der Waals surface area (Å²) < 4.78 is 0. The lowest BCUT2D eigenvalue weighted by Crippen LogP contribution is -2.43. The molecule has 0 fully saturated rings. The van der Waals surface area contributed by atoms with Gasteiger partial charge in [-0.05, 0) is 62.2 Å². The van der Waals surface area contributed by atoms with Crippen LogP contribution in [0.3, 0.4) is 0 Å². The largest absolute Gasteiger partial charge is 0.508 e. The number of anilines is 1. The predicted octanol–water partition coefficient (Wildman–Crippen LogP) is 4.48. The van der Waals surface area contributed by atoms with Gasteiger partial charge in [0.1, 0.15) is 5.75 Å². The van der Waals surface area contributed by atoms with Crippen molar-refractivity contribution in [1.82, 2.24) is 5.32 Å². The molecule has 0 spiro atoms. The first-order chi connectivity index (χ1) is 10.8. The molecule has 0 heterocycles. The lowest BCUT2D eigenvalue weighted by atomic mass is 9.92. The number of hydrogen-bond acceptors (Lipinski definition) is 2. The lowest BCUT2D eigenvalue weighted by Gasteiger charge is -2.27. The number of benzene rings is 2. The molecule has 2 rings (SSSR count). The summed E-state index contributed by atoms with van der Waals surface area (Å²) in [6.07, 6.45) is 0. The van der Waals surface area contributed by atoms with Crippen LogP contribution in [0.5, 0.6) is 5.75 Å². The highest BCUT2D eigenvalue weighted by Gasteiger charge is 2.23. The standard InChI is InChI=1S/C19H22N2O2/c1-13(2)14-6-5-7-15(12-14)19(3,4)21-18(23)20-16-8-10-17(22)11-9-16/h5-12,22H,1H2,2-4H3,(H2,20,21,23). The van der Waals surface area contributed by atoms with E-state index in [0.29, 0.717) is 5.69 Å². The smallest absolute Gasteiger partial charge is 0.319 e. The molecular formula is C19H22N2O2. The molecule has 2 amide bonds. The average Bonchev–Trinajstić information content (AvgIpc) is 2.49. The Morgan fingerprint density at radius 1 is 1.13 bits per heavy atom. The topological polar surface area (TPSA) is 61.4 Å². The predicted molar refractivity (Wildman–Crippen MR) is 94.4 cm³/mol. The number of urea groups is 1. The van der Waals surface area contributed by atoms with E-state index in [1.165, 1.54) is 12.1 Å². The lowest BCUT2D eigenvalue weighted by molar-refractivity contribution is 0.242. The second-order valence-corrected chi connectivity index (χ2v) is 6.11. The Morgan fingerprint density at radius 3 is 2.39 bits per heavy atom. The number of allylic oxidation sites excluding steroid dienone is 1. The molecule has 0 saturated carbocycles. The van der Waals surface area contributed by atoms with Crippen molar-refractivity contribution in [2.24, 2.45) is 0 Å². The van der Waals surface area contributed by atoms with E-state index < -0.39 is 5.54 Å². The van der Waals surface area contributed by atoms with Gasteiger partial charge in [-0.15, -0.1) is 0 Å². The van der Waals surface area contributed by atoms with Crippen LogP contribution >= 0.6 is 0 Å². The Labute approximate surface area is 136 Å². The summed E-state index contributed by atoms with van der Waals surface area (Å²) in [4.78, 5) is 12.2. The van der Waals surface area contributed by atoms with E-state index in [2.05, 4.69) is 17.2 Å². The van der Waals surface area contributed by atoms with E-state index in [1.807, 2.05) is 45.0 Å². The van der Waals surface area contributed by atoms with Gasteiger partial charge < -0.3 is 15.7 Å². The van der Waals surface area contributed by atoms with Crippen LogP contribution in [0, 0.1) is 0 Å². The van der Waals surface area contributed by atoms with Crippen LogP contribution in [0.1, 0.15) is 31.9 Å². The molecule has 0 aliphatic heterocycles. The number of amides is 2. The van der Waals surface area contributed by atoms with Crippen molar-refractivity contribution >= 4 is 17.3 Å². The highest BCUT2D eigenvalue weighted by molar-refractivity contribution is 5.89. The number of phenolic OH excluding ortho intramolecular Hbond substituents is 1. The number of nitrogens with one attached hydrogen (secondary N) is 2. The zero-order valence-corrected chi connectivity index (χ0v) is 13.7. The Kier molecular flexibility index (Phi) is 4.74. The van der Waals surface area contributed by atoms with Crippen LogP contribution < -0.4 is 10.6 Å². The highest BCUT2D eigenvalue weighted by atomic mass is 16.3. The van der Waals surface area contributed by atoms with Crippen LogP contribution in [0.4, 0.5) is 10.5 Å². The number of carbonyl (C=O) groups is 1. The summed E-state index contributed by atoms with van der Waals surface area (Å²) in [5.41, 5.74) is 3.12. The van der Waals surface area contributed by atoms with Gasteiger partial charge in [-0.3, -0.25) is 0 Å². The Morgan fingerprint density at radius 2 is 1.78 bits per heavy atom. The maximum Gasteiger partial charge on any atom is 0.319 e. The van der Waals surface area contributed by atoms with Crippen LogP contribution in [-0.4, -0.2) is 11.1 Å². The summed E-state index contributed by atoms with van der Waals surface area (Å²) in [6, 6.07) is 14.0. The van der Waals surface area contributed by atoms with E-state index >= 15 is 0 Å². The fourth-order valence-corrected chi connectivity index (χ4v) is 2.24. The van der Waals surface area contributed by atoms with Gasteiger partial charge in [0.05, 0.1) is 5.54 Å². The Bertz CT molecular complexity index is 718. The fraction of sp³-hybridized carbons (Fsp3) is 0.211. The number of phenols is 1. The first kappa shape index (κ1) is 16.6.